The maximum atomic E-state index is 12.5. The quantitative estimate of drug-likeness (QED) is 0.643. The van der Waals surface area contributed by atoms with Crippen LogP contribution in [0.5, 0.6) is 0 Å². The summed E-state index contributed by atoms with van der Waals surface area (Å²) in [6.07, 6.45) is 0. The van der Waals surface area contributed by atoms with Crippen molar-refractivity contribution in [2.24, 2.45) is 5.92 Å². The number of hydrogen-bond donors (Lipinski definition) is 2. The molecule has 1 unspecified atom stereocenters. The van der Waals surface area contributed by atoms with Crippen LogP contribution in [0.25, 0.3) is 0 Å². The van der Waals surface area contributed by atoms with Gasteiger partial charge >= 0.3 is 0 Å². The van der Waals surface area contributed by atoms with E-state index in [0.29, 0.717) is 18.6 Å². The molecule has 1 heterocycles. The fourth-order valence-electron chi connectivity index (χ4n) is 2.66. The molecule has 144 valence electrons. The van der Waals surface area contributed by atoms with Crippen molar-refractivity contribution < 1.29 is 13.2 Å². The standard InChI is InChI=1S/C17H31N3O3S2/c1-12(2)16(19-25(22,23)15-8-7-11-24-15)17(21)18-9-10-20(13(3)4)14(5)6/h7-8,11-14,16,19H,9-10H2,1-6H3,(H,18,21). The molecule has 0 bridgehead atoms. The second kappa shape index (κ2) is 9.66. The molecule has 0 aromatic carbocycles. The van der Waals surface area contributed by atoms with Crippen LogP contribution in [0, 0.1) is 5.92 Å². The highest BCUT2D eigenvalue weighted by atomic mass is 32.2. The zero-order chi connectivity index (χ0) is 19.2. The predicted molar refractivity (Wildman–Crippen MR) is 103 cm³/mol. The van der Waals surface area contributed by atoms with E-state index in [9.17, 15) is 13.2 Å². The van der Waals surface area contributed by atoms with E-state index in [2.05, 4.69) is 42.6 Å². The Morgan fingerprint density at radius 1 is 1.16 bits per heavy atom. The lowest BCUT2D eigenvalue weighted by molar-refractivity contribution is -0.123. The molecule has 1 aromatic heterocycles. The van der Waals surface area contributed by atoms with Crippen molar-refractivity contribution in [2.75, 3.05) is 13.1 Å². The maximum absolute atomic E-state index is 12.5. The first-order valence-corrected chi connectivity index (χ1v) is 11.0. The lowest BCUT2D eigenvalue weighted by atomic mass is 10.1. The van der Waals surface area contributed by atoms with Crippen molar-refractivity contribution in [1.29, 1.82) is 0 Å². The largest absolute Gasteiger partial charge is 0.353 e. The molecule has 0 aliphatic heterocycles. The zero-order valence-corrected chi connectivity index (χ0v) is 17.6. The van der Waals surface area contributed by atoms with Crippen LogP contribution in [0.4, 0.5) is 0 Å². The molecular weight excluding hydrogens is 358 g/mol. The van der Waals surface area contributed by atoms with Crippen LogP contribution in [0.15, 0.2) is 21.7 Å². The van der Waals surface area contributed by atoms with Gasteiger partial charge in [0.15, 0.2) is 0 Å². The smallest absolute Gasteiger partial charge is 0.250 e. The van der Waals surface area contributed by atoms with Gasteiger partial charge in [0, 0.05) is 25.2 Å². The molecule has 0 radical (unpaired) electrons. The molecule has 1 amide bonds. The Balaban J connectivity index is 2.69. The highest BCUT2D eigenvalue weighted by Crippen LogP contribution is 2.17. The minimum Gasteiger partial charge on any atom is -0.353 e. The summed E-state index contributed by atoms with van der Waals surface area (Å²) >= 11 is 1.13. The Morgan fingerprint density at radius 3 is 2.20 bits per heavy atom. The summed E-state index contributed by atoms with van der Waals surface area (Å²) in [5.74, 6) is -0.441. The van der Waals surface area contributed by atoms with Gasteiger partial charge in [-0.2, -0.15) is 4.72 Å². The number of rotatable bonds is 10. The van der Waals surface area contributed by atoms with Crippen molar-refractivity contribution in [2.45, 2.75) is 63.9 Å². The molecular formula is C17H31N3O3S2. The van der Waals surface area contributed by atoms with Crippen LogP contribution in [0.1, 0.15) is 41.5 Å². The fourth-order valence-corrected chi connectivity index (χ4v) is 5.02. The molecule has 8 heteroatoms. The van der Waals surface area contributed by atoms with E-state index in [1.54, 1.807) is 11.4 Å². The average Bonchev–Trinajstić information content (AvgIpc) is 3.03. The van der Waals surface area contributed by atoms with Crippen LogP contribution < -0.4 is 10.0 Å². The number of thiophene rings is 1. The normalized spacial score (nSPS) is 13.8. The monoisotopic (exact) mass is 389 g/mol. The van der Waals surface area contributed by atoms with Crippen LogP contribution in [0.3, 0.4) is 0 Å². The van der Waals surface area contributed by atoms with Gasteiger partial charge in [-0.05, 0) is 45.1 Å². The van der Waals surface area contributed by atoms with Crippen LogP contribution in [-0.2, 0) is 14.8 Å². The molecule has 0 aliphatic carbocycles. The number of nitrogens with one attached hydrogen (secondary N) is 2. The number of sulfonamides is 1. The SMILES string of the molecule is CC(C)C(NS(=O)(=O)c1cccs1)C(=O)NCCN(C(C)C)C(C)C. The predicted octanol–water partition coefficient (Wildman–Crippen LogP) is 2.29. The maximum Gasteiger partial charge on any atom is 0.250 e. The second-order valence-electron chi connectivity index (χ2n) is 6.99. The first-order valence-electron chi connectivity index (χ1n) is 8.65. The number of carbonyl (C=O) groups excluding carboxylic acids is 1. The molecule has 0 fully saturated rings. The molecule has 1 aromatic rings. The molecule has 0 saturated heterocycles. The van der Waals surface area contributed by atoms with Crippen molar-refractivity contribution in [1.82, 2.24) is 14.9 Å². The Bertz CT molecular complexity index is 618. The summed E-state index contributed by atoms with van der Waals surface area (Å²) in [7, 11) is -3.68. The summed E-state index contributed by atoms with van der Waals surface area (Å²) in [4.78, 5) is 14.8. The van der Waals surface area contributed by atoms with E-state index < -0.39 is 16.1 Å². The Labute approximate surface area is 156 Å². The molecule has 0 spiro atoms. The van der Waals surface area contributed by atoms with E-state index in [0.717, 1.165) is 17.9 Å². The molecule has 6 nitrogen and oxygen atoms in total. The fraction of sp³-hybridized carbons (Fsp3) is 0.706. The minimum atomic E-state index is -3.68. The Hall–Kier alpha value is -0.960. The van der Waals surface area contributed by atoms with Gasteiger partial charge in [-0.3, -0.25) is 9.69 Å². The van der Waals surface area contributed by atoms with E-state index >= 15 is 0 Å². The number of amides is 1. The van der Waals surface area contributed by atoms with Crippen molar-refractivity contribution in [3.8, 4) is 0 Å². The Morgan fingerprint density at radius 2 is 1.76 bits per heavy atom. The topological polar surface area (TPSA) is 78.5 Å². The summed E-state index contributed by atoms with van der Waals surface area (Å²) in [5.41, 5.74) is 0. The highest BCUT2D eigenvalue weighted by Gasteiger charge is 2.28. The van der Waals surface area contributed by atoms with E-state index in [4.69, 9.17) is 0 Å². The van der Waals surface area contributed by atoms with E-state index in [-0.39, 0.29) is 16.0 Å². The van der Waals surface area contributed by atoms with Gasteiger partial charge in [0.1, 0.15) is 10.3 Å². The number of nitrogens with zero attached hydrogens (tertiary/aromatic N) is 1. The number of carbonyl (C=O) groups is 1. The number of hydrogen-bond acceptors (Lipinski definition) is 5. The van der Waals surface area contributed by atoms with Gasteiger partial charge in [0.25, 0.3) is 10.0 Å². The van der Waals surface area contributed by atoms with Gasteiger partial charge in [0.2, 0.25) is 5.91 Å². The molecule has 2 N–H and O–H groups in total. The van der Waals surface area contributed by atoms with Gasteiger partial charge in [0.05, 0.1) is 0 Å². The van der Waals surface area contributed by atoms with Crippen LogP contribution in [0.2, 0.25) is 0 Å². The van der Waals surface area contributed by atoms with Crippen LogP contribution in [-0.4, -0.2) is 50.4 Å². The average molecular weight is 390 g/mol. The molecule has 0 aliphatic rings. The van der Waals surface area contributed by atoms with Gasteiger partial charge < -0.3 is 5.32 Å². The van der Waals surface area contributed by atoms with Gasteiger partial charge in [-0.1, -0.05) is 19.9 Å². The summed E-state index contributed by atoms with van der Waals surface area (Å²) < 4.78 is 27.5. The molecule has 25 heavy (non-hydrogen) atoms. The first kappa shape index (κ1) is 22.1. The zero-order valence-electron chi connectivity index (χ0n) is 15.9. The van der Waals surface area contributed by atoms with Gasteiger partial charge in [-0.25, -0.2) is 8.42 Å². The van der Waals surface area contributed by atoms with Crippen LogP contribution >= 0.6 is 11.3 Å². The van der Waals surface area contributed by atoms with E-state index in [1.807, 2.05) is 13.8 Å². The summed E-state index contributed by atoms with van der Waals surface area (Å²) in [6.45, 7) is 13.3. The van der Waals surface area contributed by atoms with Gasteiger partial charge in [-0.15, -0.1) is 11.3 Å². The lowest BCUT2D eigenvalue weighted by Gasteiger charge is -2.31. The molecule has 0 saturated carbocycles. The summed E-state index contributed by atoms with van der Waals surface area (Å²) in [5, 5.41) is 4.57. The van der Waals surface area contributed by atoms with E-state index in [1.165, 1.54) is 6.07 Å². The third kappa shape index (κ3) is 6.69. The van der Waals surface area contributed by atoms with Crippen molar-refractivity contribution in [3.05, 3.63) is 17.5 Å². The summed E-state index contributed by atoms with van der Waals surface area (Å²) in [6, 6.07) is 3.19. The third-order valence-electron chi connectivity index (χ3n) is 3.99. The Kier molecular flexibility index (Phi) is 8.53. The third-order valence-corrected chi connectivity index (χ3v) is 6.83. The molecule has 1 rings (SSSR count). The lowest BCUT2D eigenvalue weighted by Crippen LogP contribution is -2.51. The highest BCUT2D eigenvalue weighted by molar-refractivity contribution is 7.91. The molecule has 1 atom stereocenters. The first-order chi connectivity index (χ1) is 11.6. The van der Waals surface area contributed by atoms with Crippen molar-refractivity contribution >= 4 is 27.3 Å². The van der Waals surface area contributed by atoms with Crippen molar-refractivity contribution in [3.63, 3.8) is 0 Å². The minimum absolute atomic E-state index is 0.152. The second-order valence-corrected chi connectivity index (χ2v) is 9.88.